The summed E-state index contributed by atoms with van der Waals surface area (Å²) in [6, 6.07) is 13.9. The first kappa shape index (κ1) is 18.9. The van der Waals surface area contributed by atoms with E-state index in [2.05, 4.69) is 23.2 Å². The summed E-state index contributed by atoms with van der Waals surface area (Å²) in [6.07, 6.45) is 3.30. The molecule has 0 saturated heterocycles. The van der Waals surface area contributed by atoms with Gasteiger partial charge in [0.25, 0.3) is 5.91 Å². The number of hydrazone groups is 1. The summed E-state index contributed by atoms with van der Waals surface area (Å²) in [7, 11) is 0. The van der Waals surface area contributed by atoms with Crippen LogP contribution in [0.1, 0.15) is 33.6 Å². The first-order valence-corrected chi connectivity index (χ1v) is 9.28. The number of carbonyl (C=O) groups excluding carboxylic acids is 1. The minimum atomic E-state index is -0.639. The highest BCUT2D eigenvalue weighted by molar-refractivity contribution is 6.01. The fourth-order valence-electron chi connectivity index (χ4n) is 3.14. The maximum atomic E-state index is 12.4. The summed E-state index contributed by atoms with van der Waals surface area (Å²) in [5.41, 5.74) is 5.81. The average Bonchev–Trinajstić information content (AvgIpc) is 2.66. The molecule has 1 amide bonds. The molecule has 0 radical (unpaired) electrons. The lowest BCUT2D eigenvalue weighted by Gasteiger charge is -2.22. The van der Waals surface area contributed by atoms with Crippen molar-refractivity contribution in [3.63, 3.8) is 0 Å². The molecule has 2 atom stereocenters. The van der Waals surface area contributed by atoms with E-state index in [-0.39, 0.29) is 5.91 Å². The van der Waals surface area contributed by atoms with E-state index in [0.29, 0.717) is 11.7 Å². The number of nitrogens with zero attached hydrogens (tertiary/aromatic N) is 1. The number of fused-ring (bicyclic) bond motifs is 1. The fourth-order valence-corrected chi connectivity index (χ4v) is 3.14. The van der Waals surface area contributed by atoms with E-state index in [1.54, 1.807) is 6.92 Å². The molecule has 2 aromatic rings. The Morgan fingerprint density at radius 3 is 2.74 bits per heavy atom. The van der Waals surface area contributed by atoms with E-state index >= 15 is 0 Å². The number of amides is 1. The summed E-state index contributed by atoms with van der Waals surface area (Å²) < 4.78 is 5.80. The number of allylic oxidation sites excluding steroid dienone is 3. The molecule has 1 N–H and O–H groups in total. The molecule has 0 spiro atoms. The normalized spacial score (nSPS) is 19.4. The van der Waals surface area contributed by atoms with Crippen molar-refractivity contribution in [2.45, 2.75) is 39.7 Å². The zero-order chi connectivity index (χ0) is 19.4. The van der Waals surface area contributed by atoms with Gasteiger partial charge in [-0.1, -0.05) is 48.6 Å². The van der Waals surface area contributed by atoms with Crippen molar-refractivity contribution in [1.82, 2.24) is 5.43 Å². The highest BCUT2D eigenvalue weighted by Crippen LogP contribution is 2.26. The summed E-state index contributed by atoms with van der Waals surface area (Å²) in [6.45, 7) is 9.82. The fraction of sp³-hybridized carbons (Fsp3) is 0.304. The van der Waals surface area contributed by atoms with E-state index in [0.717, 1.165) is 40.5 Å². The van der Waals surface area contributed by atoms with Crippen LogP contribution in [0.15, 0.2) is 71.4 Å². The van der Waals surface area contributed by atoms with Gasteiger partial charge in [0.15, 0.2) is 6.10 Å². The van der Waals surface area contributed by atoms with E-state index in [4.69, 9.17) is 4.74 Å². The summed E-state index contributed by atoms with van der Waals surface area (Å²) in [5, 5.41) is 6.56. The van der Waals surface area contributed by atoms with Crippen LogP contribution in [0.5, 0.6) is 5.75 Å². The van der Waals surface area contributed by atoms with Gasteiger partial charge in [-0.2, -0.15) is 5.10 Å². The summed E-state index contributed by atoms with van der Waals surface area (Å²) in [4.78, 5) is 12.4. The standard InChI is InChI=1S/C23H26N2O2/c1-15(2)19-10-9-16(3)22(14-19)24-25-23(26)17(4)27-21-12-11-18-7-5-6-8-20(18)13-21/h5-9,11-13,17,19H,1,10,14H2,2-4H3,(H,25,26)/b24-22-/t17-,19+/m0/s1. The second kappa shape index (κ2) is 8.21. The lowest BCUT2D eigenvalue weighted by Crippen LogP contribution is -2.34. The molecule has 0 aliphatic heterocycles. The smallest absolute Gasteiger partial charge is 0.280 e. The third kappa shape index (κ3) is 4.64. The number of carbonyl (C=O) groups is 1. The monoisotopic (exact) mass is 362 g/mol. The Bertz CT molecular complexity index is 927. The largest absolute Gasteiger partial charge is 0.481 e. The Morgan fingerprint density at radius 1 is 1.26 bits per heavy atom. The van der Waals surface area contributed by atoms with Crippen molar-refractivity contribution in [1.29, 1.82) is 0 Å². The van der Waals surface area contributed by atoms with Crippen molar-refractivity contribution in [3.05, 3.63) is 66.3 Å². The molecule has 2 aromatic carbocycles. The van der Waals surface area contributed by atoms with Crippen LogP contribution in [0.2, 0.25) is 0 Å². The van der Waals surface area contributed by atoms with Gasteiger partial charge >= 0.3 is 0 Å². The molecular weight excluding hydrogens is 336 g/mol. The zero-order valence-corrected chi connectivity index (χ0v) is 16.2. The second-order valence-corrected chi connectivity index (χ2v) is 7.17. The predicted molar refractivity (Wildman–Crippen MR) is 111 cm³/mol. The number of rotatable bonds is 5. The van der Waals surface area contributed by atoms with Crippen molar-refractivity contribution < 1.29 is 9.53 Å². The van der Waals surface area contributed by atoms with Gasteiger partial charge in [-0.05, 0) is 68.0 Å². The molecule has 1 aliphatic carbocycles. The lowest BCUT2D eigenvalue weighted by atomic mass is 9.85. The van der Waals surface area contributed by atoms with E-state index in [1.807, 2.05) is 56.3 Å². The highest BCUT2D eigenvalue weighted by Gasteiger charge is 2.20. The second-order valence-electron chi connectivity index (χ2n) is 7.17. The molecule has 140 valence electrons. The predicted octanol–water partition coefficient (Wildman–Crippen LogP) is 5.01. The Kier molecular flexibility index (Phi) is 5.75. The number of ether oxygens (including phenoxy) is 1. The van der Waals surface area contributed by atoms with Crippen LogP contribution in [0.3, 0.4) is 0 Å². The van der Waals surface area contributed by atoms with Crippen LogP contribution in [0, 0.1) is 5.92 Å². The highest BCUT2D eigenvalue weighted by atomic mass is 16.5. The molecule has 0 unspecified atom stereocenters. The molecule has 1 aliphatic rings. The van der Waals surface area contributed by atoms with Gasteiger partial charge in [-0.15, -0.1) is 0 Å². The van der Waals surface area contributed by atoms with Crippen LogP contribution in [0.25, 0.3) is 10.8 Å². The third-order valence-corrected chi connectivity index (χ3v) is 5.00. The van der Waals surface area contributed by atoms with Crippen molar-refractivity contribution in [2.24, 2.45) is 11.0 Å². The van der Waals surface area contributed by atoms with Crippen molar-refractivity contribution >= 4 is 22.4 Å². The molecule has 0 saturated carbocycles. The maximum Gasteiger partial charge on any atom is 0.280 e. The molecule has 27 heavy (non-hydrogen) atoms. The Balaban J connectivity index is 1.63. The number of benzene rings is 2. The van der Waals surface area contributed by atoms with Gasteiger partial charge in [0.05, 0.1) is 5.71 Å². The van der Waals surface area contributed by atoms with Gasteiger partial charge in [0.2, 0.25) is 0 Å². The van der Waals surface area contributed by atoms with Crippen LogP contribution in [-0.2, 0) is 4.79 Å². The van der Waals surface area contributed by atoms with Crippen LogP contribution in [-0.4, -0.2) is 17.7 Å². The SMILES string of the molecule is C=C(C)[C@@H]1CC=C(C)/C(=N\NC(=O)[C@H](C)Oc2ccc3ccccc3c2)C1. The van der Waals surface area contributed by atoms with Crippen LogP contribution in [0.4, 0.5) is 0 Å². The minimum absolute atomic E-state index is 0.263. The Morgan fingerprint density at radius 2 is 2.00 bits per heavy atom. The Labute approximate surface area is 160 Å². The summed E-state index contributed by atoms with van der Waals surface area (Å²) in [5.74, 6) is 0.789. The molecule has 0 fully saturated rings. The molecule has 4 heteroatoms. The first-order valence-electron chi connectivity index (χ1n) is 9.28. The van der Waals surface area contributed by atoms with Gasteiger partial charge in [-0.25, -0.2) is 5.43 Å². The van der Waals surface area contributed by atoms with Gasteiger partial charge in [-0.3, -0.25) is 4.79 Å². The first-order chi connectivity index (χ1) is 12.9. The maximum absolute atomic E-state index is 12.4. The number of nitrogens with one attached hydrogen (secondary N) is 1. The van der Waals surface area contributed by atoms with Crippen molar-refractivity contribution in [3.8, 4) is 5.75 Å². The molecule has 4 nitrogen and oxygen atoms in total. The van der Waals surface area contributed by atoms with Gasteiger partial charge in [0, 0.05) is 0 Å². The molecule has 0 heterocycles. The number of hydrogen-bond donors (Lipinski definition) is 1. The molecule has 0 bridgehead atoms. The molecule has 3 rings (SSSR count). The van der Waals surface area contributed by atoms with Gasteiger partial charge in [0.1, 0.15) is 5.75 Å². The van der Waals surface area contributed by atoms with Crippen LogP contribution < -0.4 is 10.2 Å². The van der Waals surface area contributed by atoms with Crippen molar-refractivity contribution in [2.75, 3.05) is 0 Å². The summed E-state index contributed by atoms with van der Waals surface area (Å²) >= 11 is 0. The quantitative estimate of drug-likeness (QED) is 0.600. The Hall–Kier alpha value is -2.88. The van der Waals surface area contributed by atoms with Gasteiger partial charge < -0.3 is 4.74 Å². The van der Waals surface area contributed by atoms with E-state index < -0.39 is 6.10 Å². The zero-order valence-electron chi connectivity index (χ0n) is 16.2. The third-order valence-electron chi connectivity index (χ3n) is 5.00. The molecule has 0 aromatic heterocycles. The molecular formula is C23H26N2O2. The number of hydrogen-bond acceptors (Lipinski definition) is 3. The van der Waals surface area contributed by atoms with E-state index in [9.17, 15) is 4.79 Å². The topological polar surface area (TPSA) is 50.7 Å². The lowest BCUT2D eigenvalue weighted by molar-refractivity contribution is -0.127. The minimum Gasteiger partial charge on any atom is -0.481 e. The van der Waals surface area contributed by atoms with E-state index in [1.165, 1.54) is 0 Å². The van der Waals surface area contributed by atoms with Crippen LogP contribution >= 0.6 is 0 Å². The average molecular weight is 362 g/mol.